The molecule has 0 N–H and O–H groups in total. The molecule has 0 spiro atoms. The number of nitrogens with zero attached hydrogens (tertiary/aromatic N) is 1. The molecule has 0 aliphatic carbocycles. The van der Waals surface area contributed by atoms with Crippen molar-refractivity contribution in [2.75, 3.05) is 13.2 Å². The molecule has 2 aromatic rings. The van der Waals surface area contributed by atoms with Crippen molar-refractivity contribution in [1.82, 2.24) is 4.98 Å². The van der Waals surface area contributed by atoms with Gasteiger partial charge < -0.3 is 9.47 Å². The lowest BCUT2D eigenvalue weighted by atomic mass is 10.2. The summed E-state index contributed by atoms with van der Waals surface area (Å²) in [5.41, 5.74) is 1.65. The molecule has 1 aliphatic rings. The summed E-state index contributed by atoms with van der Waals surface area (Å²) in [7, 11) is 0. The molecule has 1 unspecified atom stereocenters. The number of aromatic nitrogens is 1. The van der Waals surface area contributed by atoms with E-state index >= 15 is 0 Å². The Labute approximate surface area is 123 Å². The number of hydrogen-bond donors (Lipinski definition) is 0. The van der Waals surface area contributed by atoms with Crippen LogP contribution in [0.2, 0.25) is 0 Å². The Bertz CT molecular complexity index is 660. The number of rotatable bonds is 4. The van der Waals surface area contributed by atoms with Crippen LogP contribution in [0, 0.1) is 0 Å². The van der Waals surface area contributed by atoms with Gasteiger partial charge in [0.25, 0.3) is 0 Å². The van der Waals surface area contributed by atoms with Gasteiger partial charge >= 0.3 is 5.97 Å². The molecular formula is C17H17NO3. The van der Waals surface area contributed by atoms with E-state index in [9.17, 15) is 4.79 Å². The van der Waals surface area contributed by atoms with Crippen molar-refractivity contribution in [3.63, 3.8) is 0 Å². The summed E-state index contributed by atoms with van der Waals surface area (Å²) in [6.45, 7) is 1.09. The van der Waals surface area contributed by atoms with Gasteiger partial charge in [-0.2, -0.15) is 0 Å². The number of benzene rings is 1. The number of esters is 1. The Hall–Kier alpha value is -2.20. The maximum absolute atomic E-state index is 11.6. The minimum absolute atomic E-state index is 0.0566. The first kappa shape index (κ1) is 13.8. The van der Waals surface area contributed by atoms with E-state index < -0.39 is 0 Å². The third kappa shape index (κ3) is 3.67. The molecule has 4 heteroatoms. The summed E-state index contributed by atoms with van der Waals surface area (Å²) in [5, 5.41) is 1.08. The predicted octanol–water partition coefficient (Wildman–Crippen LogP) is 2.97. The lowest BCUT2D eigenvalue weighted by molar-refractivity contribution is -0.140. The SMILES string of the molecule is O=C(/C=C/c1ccc2ccccc2n1)OCC1CCCO1. The molecule has 4 nitrogen and oxygen atoms in total. The average Bonchev–Trinajstić information content (AvgIpc) is 3.04. The molecule has 0 amide bonds. The fourth-order valence-corrected chi connectivity index (χ4v) is 2.33. The standard InChI is InChI=1S/C17H17NO3/c19-17(21-12-15-5-3-11-20-15)10-9-14-8-7-13-4-1-2-6-16(13)18-14/h1-2,4,6-10,15H,3,5,11-12H2/b10-9+. The highest BCUT2D eigenvalue weighted by Gasteiger charge is 2.16. The first-order valence-electron chi connectivity index (χ1n) is 7.13. The maximum Gasteiger partial charge on any atom is 0.330 e. The molecule has 1 aromatic heterocycles. The van der Waals surface area contributed by atoms with Crippen LogP contribution in [0.3, 0.4) is 0 Å². The van der Waals surface area contributed by atoms with Crippen LogP contribution < -0.4 is 0 Å². The second-order valence-corrected chi connectivity index (χ2v) is 5.03. The summed E-state index contributed by atoms with van der Waals surface area (Å²) in [6.07, 6.45) is 5.14. The predicted molar refractivity (Wildman–Crippen MR) is 80.7 cm³/mol. The minimum atomic E-state index is -0.361. The molecule has 21 heavy (non-hydrogen) atoms. The number of para-hydroxylation sites is 1. The Morgan fingerprint density at radius 1 is 1.33 bits per heavy atom. The zero-order valence-corrected chi connectivity index (χ0v) is 11.7. The van der Waals surface area contributed by atoms with Crippen LogP contribution in [0.15, 0.2) is 42.5 Å². The van der Waals surface area contributed by atoms with Gasteiger partial charge in [0, 0.05) is 18.1 Å². The minimum Gasteiger partial charge on any atom is -0.460 e. The summed E-state index contributed by atoms with van der Waals surface area (Å²) in [4.78, 5) is 16.1. The third-order valence-electron chi connectivity index (χ3n) is 3.45. The van der Waals surface area contributed by atoms with Gasteiger partial charge in [0.15, 0.2) is 0 Å². The summed E-state index contributed by atoms with van der Waals surface area (Å²) < 4.78 is 10.6. The lowest BCUT2D eigenvalue weighted by Crippen LogP contribution is -2.16. The summed E-state index contributed by atoms with van der Waals surface area (Å²) in [6, 6.07) is 11.7. The van der Waals surface area contributed by atoms with Crippen molar-refractivity contribution in [2.45, 2.75) is 18.9 Å². The molecule has 1 atom stereocenters. The van der Waals surface area contributed by atoms with E-state index in [1.165, 1.54) is 6.08 Å². The second-order valence-electron chi connectivity index (χ2n) is 5.03. The highest BCUT2D eigenvalue weighted by molar-refractivity contribution is 5.87. The lowest BCUT2D eigenvalue weighted by Gasteiger charge is -2.08. The van der Waals surface area contributed by atoms with Gasteiger partial charge in [-0.25, -0.2) is 9.78 Å². The van der Waals surface area contributed by atoms with Gasteiger partial charge in [-0.05, 0) is 31.1 Å². The van der Waals surface area contributed by atoms with Crippen LogP contribution in [0.4, 0.5) is 0 Å². The average molecular weight is 283 g/mol. The van der Waals surface area contributed by atoms with Crippen LogP contribution in [0.5, 0.6) is 0 Å². The summed E-state index contributed by atoms with van der Waals surface area (Å²) in [5.74, 6) is -0.361. The van der Waals surface area contributed by atoms with Crippen molar-refractivity contribution in [2.24, 2.45) is 0 Å². The van der Waals surface area contributed by atoms with E-state index in [4.69, 9.17) is 9.47 Å². The van der Waals surface area contributed by atoms with Gasteiger partial charge in [-0.3, -0.25) is 0 Å². The molecule has 108 valence electrons. The van der Waals surface area contributed by atoms with E-state index in [1.54, 1.807) is 6.08 Å². The largest absolute Gasteiger partial charge is 0.460 e. The fourth-order valence-electron chi connectivity index (χ4n) is 2.33. The third-order valence-corrected chi connectivity index (χ3v) is 3.45. The zero-order valence-electron chi connectivity index (χ0n) is 11.7. The normalized spacial score (nSPS) is 18.4. The number of hydrogen-bond acceptors (Lipinski definition) is 4. The van der Waals surface area contributed by atoms with Gasteiger partial charge in [0.05, 0.1) is 17.3 Å². The van der Waals surface area contributed by atoms with Crippen LogP contribution in [-0.2, 0) is 14.3 Å². The number of carbonyl (C=O) groups is 1. The Balaban J connectivity index is 1.59. The highest BCUT2D eigenvalue weighted by Crippen LogP contribution is 2.13. The fraction of sp³-hybridized carbons (Fsp3) is 0.294. The molecule has 1 saturated heterocycles. The highest BCUT2D eigenvalue weighted by atomic mass is 16.6. The molecule has 1 aromatic carbocycles. The van der Waals surface area contributed by atoms with Crippen LogP contribution in [-0.4, -0.2) is 30.3 Å². The maximum atomic E-state index is 11.6. The van der Waals surface area contributed by atoms with Gasteiger partial charge in [-0.1, -0.05) is 24.3 Å². The molecular weight excluding hydrogens is 266 g/mol. The quantitative estimate of drug-likeness (QED) is 0.639. The molecule has 3 rings (SSSR count). The second kappa shape index (κ2) is 6.50. The Kier molecular flexibility index (Phi) is 4.26. The first-order valence-corrected chi connectivity index (χ1v) is 7.13. The van der Waals surface area contributed by atoms with Crippen LogP contribution in [0.1, 0.15) is 18.5 Å². The molecule has 0 bridgehead atoms. The first-order chi connectivity index (χ1) is 10.3. The Morgan fingerprint density at radius 3 is 3.10 bits per heavy atom. The topological polar surface area (TPSA) is 48.4 Å². The van der Waals surface area contributed by atoms with Crippen LogP contribution in [0.25, 0.3) is 17.0 Å². The smallest absolute Gasteiger partial charge is 0.330 e. The van der Waals surface area contributed by atoms with Crippen molar-refractivity contribution in [1.29, 1.82) is 0 Å². The van der Waals surface area contributed by atoms with Crippen LogP contribution >= 0.6 is 0 Å². The molecule has 0 radical (unpaired) electrons. The van der Waals surface area contributed by atoms with E-state index in [0.717, 1.165) is 36.0 Å². The Morgan fingerprint density at radius 2 is 2.24 bits per heavy atom. The monoisotopic (exact) mass is 283 g/mol. The van der Waals surface area contributed by atoms with Crippen molar-refractivity contribution in [3.05, 3.63) is 48.2 Å². The summed E-state index contributed by atoms with van der Waals surface area (Å²) >= 11 is 0. The molecule has 2 heterocycles. The zero-order chi connectivity index (χ0) is 14.5. The molecule has 1 fully saturated rings. The van der Waals surface area contributed by atoms with Crippen molar-refractivity contribution in [3.8, 4) is 0 Å². The van der Waals surface area contributed by atoms with Gasteiger partial charge in [0.1, 0.15) is 6.61 Å². The number of pyridine rings is 1. The van der Waals surface area contributed by atoms with E-state index in [0.29, 0.717) is 6.61 Å². The van der Waals surface area contributed by atoms with E-state index in [-0.39, 0.29) is 12.1 Å². The number of fused-ring (bicyclic) bond motifs is 1. The molecule has 0 saturated carbocycles. The molecule has 1 aliphatic heterocycles. The van der Waals surface area contributed by atoms with Gasteiger partial charge in [-0.15, -0.1) is 0 Å². The van der Waals surface area contributed by atoms with Gasteiger partial charge in [0.2, 0.25) is 0 Å². The van der Waals surface area contributed by atoms with Crippen molar-refractivity contribution >= 4 is 22.9 Å². The number of carbonyl (C=O) groups excluding carboxylic acids is 1. The van der Waals surface area contributed by atoms with Crippen molar-refractivity contribution < 1.29 is 14.3 Å². The number of ether oxygens (including phenoxy) is 2. The van der Waals surface area contributed by atoms with E-state index in [1.807, 2.05) is 36.4 Å². The van der Waals surface area contributed by atoms with E-state index in [2.05, 4.69) is 4.98 Å².